The molecule has 5 rings (SSSR count). The number of fused-ring (bicyclic) bond motifs is 2. The molecule has 1 aromatic heterocycles. The summed E-state index contributed by atoms with van der Waals surface area (Å²) in [5.74, 6) is 2.19. The van der Waals surface area contributed by atoms with E-state index < -0.39 is 0 Å². The number of rotatable bonds is 6. The van der Waals surface area contributed by atoms with Crippen molar-refractivity contribution in [3.05, 3.63) is 83.9 Å². The average molecular weight is 435 g/mol. The van der Waals surface area contributed by atoms with E-state index in [1.165, 1.54) is 27.3 Å². The van der Waals surface area contributed by atoms with Gasteiger partial charge in [-0.3, -0.25) is 0 Å². The highest BCUT2D eigenvalue weighted by atomic mass is 16.5. The minimum absolute atomic E-state index is 0.498. The lowest BCUT2D eigenvalue weighted by Gasteiger charge is -2.14. The fraction of sp³-hybridized carbons (Fsp3) is 0.267. The molecule has 166 valence electrons. The second kappa shape index (κ2) is 8.82. The van der Waals surface area contributed by atoms with E-state index in [9.17, 15) is 0 Å². The van der Waals surface area contributed by atoms with Crippen LogP contribution in [0.2, 0.25) is 0 Å². The van der Waals surface area contributed by atoms with Gasteiger partial charge in [-0.15, -0.1) is 0 Å². The van der Waals surface area contributed by atoms with Crippen molar-refractivity contribution in [3.8, 4) is 22.8 Å². The second-order valence-electron chi connectivity index (χ2n) is 9.04. The fourth-order valence-corrected chi connectivity index (χ4v) is 4.77. The molecule has 0 spiro atoms. The molecule has 3 nitrogen and oxygen atoms in total. The molecule has 0 fully saturated rings. The topological polar surface area (TPSA) is 38.9 Å². The lowest BCUT2D eigenvalue weighted by Crippen LogP contribution is -1.95. The number of hydrogen-bond donors (Lipinski definition) is 0. The van der Waals surface area contributed by atoms with Gasteiger partial charge in [-0.2, -0.15) is 4.98 Å². The van der Waals surface area contributed by atoms with Crippen LogP contribution in [-0.2, 0) is 0 Å². The van der Waals surface area contributed by atoms with Crippen LogP contribution in [0.5, 0.6) is 0 Å². The van der Waals surface area contributed by atoms with Crippen LogP contribution < -0.4 is 0 Å². The van der Waals surface area contributed by atoms with Gasteiger partial charge in [0.05, 0.1) is 0 Å². The van der Waals surface area contributed by atoms with Crippen molar-refractivity contribution in [2.75, 3.05) is 0 Å². The molecule has 0 radical (unpaired) electrons. The van der Waals surface area contributed by atoms with Crippen LogP contribution in [-0.4, -0.2) is 10.1 Å². The number of aromatic nitrogens is 2. The monoisotopic (exact) mass is 434 g/mol. The summed E-state index contributed by atoms with van der Waals surface area (Å²) in [6, 6.07) is 25.8. The van der Waals surface area contributed by atoms with Crippen LogP contribution in [0.25, 0.3) is 44.4 Å². The molecule has 0 amide bonds. The van der Waals surface area contributed by atoms with Gasteiger partial charge in [0.2, 0.25) is 5.82 Å². The van der Waals surface area contributed by atoms with Crippen molar-refractivity contribution >= 4 is 21.5 Å². The van der Waals surface area contributed by atoms with Crippen LogP contribution in [0.1, 0.15) is 63.5 Å². The molecule has 0 aliphatic carbocycles. The Balaban J connectivity index is 1.63. The Morgan fingerprint density at radius 1 is 0.636 bits per heavy atom. The van der Waals surface area contributed by atoms with Gasteiger partial charge in [0, 0.05) is 11.1 Å². The van der Waals surface area contributed by atoms with E-state index in [0.29, 0.717) is 23.6 Å². The van der Waals surface area contributed by atoms with Gasteiger partial charge < -0.3 is 4.52 Å². The van der Waals surface area contributed by atoms with E-state index in [1.807, 2.05) is 0 Å². The predicted molar refractivity (Wildman–Crippen MR) is 138 cm³/mol. The van der Waals surface area contributed by atoms with E-state index in [-0.39, 0.29) is 0 Å². The van der Waals surface area contributed by atoms with Crippen molar-refractivity contribution in [1.29, 1.82) is 0 Å². The Morgan fingerprint density at radius 2 is 1.12 bits per heavy atom. The Morgan fingerprint density at radius 3 is 1.67 bits per heavy atom. The molecule has 0 bridgehead atoms. The molecule has 2 atom stereocenters. The highest BCUT2D eigenvalue weighted by Gasteiger charge is 2.18. The zero-order valence-electron chi connectivity index (χ0n) is 19.8. The number of hydrogen-bond acceptors (Lipinski definition) is 3. The summed E-state index contributed by atoms with van der Waals surface area (Å²) in [5.41, 5.74) is 4.72. The zero-order chi connectivity index (χ0) is 22.9. The number of benzene rings is 4. The lowest BCUT2D eigenvalue weighted by atomic mass is 9.90. The van der Waals surface area contributed by atoms with Crippen molar-refractivity contribution in [2.45, 2.75) is 52.4 Å². The molecule has 0 saturated heterocycles. The first kappa shape index (κ1) is 21.4. The third-order valence-electron chi connectivity index (χ3n) is 7.10. The quantitative estimate of drug-likeness (QED) is 0.268. The highest BCUT2D eigenvalue weighted by molar-refractivity contribution is 5.99. The van der Waals surface area contributed by atoms with Gasteiger partial charge in [0.15, 0.2) is 0 Å². The summed E-state index contributed by atoms with van der Waals surface area (Å²) in [7, 11) is 0. The Hall–Kier alpha value is -3.46. The smallest absolute Gasteiger partial charge is 0.258 e. The fourth-order valence-electron chi connectivity index (χ4n) is 4.77. The molecule has 2 unspecified atom stereocenters. The molecule has 3 heteroatoms. The predicted octanol–water partition coefficient (Wildman–Crippen LogP) is 8.74. The van der Waals surface area contributed by atoms with Crippen LogP contribution in [0.4, 0.5) is 0 Å². The first-order chi connectivity index (χ1) is 16.1. The number of nitrogens with zero attached hydrogens (tertiary/aromatic N) is 2. The van der Waals surface area contributed by atoms with Gasteiger partial charge in [0.25, 0.3) is 5.89 Å². The second-order valence-corrected chi connectivity index (χ2v) is 9.04. The van der Waals surface area contributed by atoms with E-state index in [4.69, 9.17) is 9.51 Å². The summed E-state index contributed by atoms with van der Waals surface area (Å²) >= 11 is 0. The maximum atomic E-state index is 5.83. The molecule has 0 saturated carbocycles. The van der Waals surface area contributed by atoms with E-state index in [2.05, 4.69) is 106 Å². The third kappa shape index (κ3) is 3.72. The molecule has 4 aromatic carbocycles. The van der Waals surface area contributed by atoms with E-state index in [1.54, 1.807) is 0 Å². The van der Waals surface area contributed by atoms with Gasteiger partial charge >= 0.3 is 0 Å². The Kier molecular flexibility index (Phi) is 5.72. The van der Waals surface area contributed by atoms with Crippen LogP contribution in [0.3, 0.4) is 0 Å². The van der Waals surface area contributed by atoms with Crippen LogP contribution in [0, 0.1) is 0 Å². The molecule has 33 heavy (non-hydrogen) atoms. The minimum atomic E-state index is 0.498. The summed E-state index contributed by atoms with van der Waals surface area (Å²) in [6.45, 7) is 9.02. The maximum absolute atomic E-state index is 5.83. The molecule has 0 aliphatic heterocycles. The lowest BCUT2D eigenvalue weighted by molar-refractivity contribution is 0.433. The minimum Gasteiger partial charge on any atom is -0.334 e. The van der Waals surface area contributed by atoms with Gasteiger partial charge in [-0.1, -0.05) is 99.6 Å². The first-order valence-electron chi connectivity index (χ1n) is 12.0. The molecule has 1 heterocycles. The van der Waals surface area contributed by atoms with Gasteiger partial charge in [-0.25, -0.2) is 0 Å². The zero-order valence-corrected chi connectivity index (χ0v) is 19.8. The van der Waals surface area contributed by atoms with Crippen LogP contribution >= 0.6 is 0 Å². The van der Waals surface area contributed by atoms with E-state index in [0.717, 1.165) is 29.4 Å². The maximum Gasteiger partial charge on any atom is 0.258 e. The summed E-state index contributed by atoms with van der Waals surface area (Å²) < 4.78 is 5.83. The molecule has 0 aliphatic rings. The van der Waals surface area contributed by atoms with Crippen molar-refractivity contribution in [3.63, 3.8) is 0 Å². The third-order valence-corrected chi connectivity index (χ3v) is 7.10. The standard InChI is InChI=1S/C30H30N2O/c1-5-19(3)21-15-17-27(25-13-9-7-11-23(21)25)29-31-30(33-32-29)28-18-16-22(20(4)6-2)24-12-8-10-14-26(24)28/h7-20H,5-6H2,1-4H3. The SMILES string of the molecule is CCC(C)c1ccc(-c2noc(-c3ccc(C(C)CC)c4ccccc34)n2)c2ccccc12. The van der Waals surface area contributed by atoms with Gasteiger partial charge in [0.1, 0.15) is 0 Å². The molecule has 0 N–H and O–H groups in total. The largest absolute Gasteiger partial charge is 0.334 e. The normalized spacial score (nSPS) is 13.5. The van der Waals surface area contributed by atoms with Crippen molar-refractivity contribution in [2.24, 2.45) is 0 Å². The first-order valence-corrected chi connectivity index (χ1v) is 12.0. The Bertz CT molecular complexity index is 1320. The summed E-state index contributed by atoms with van der Waals surface area (Å²) in [4.78, 5) is 4.86. The van der Waals surface area contributed by atoms with Crippen molar-refractivity contribution in [1.82, 2.24) is 10.1 Å². The Labute approximate surface area is 195 Å². The summed E-state index contributed by atoms with van der Waals surface area (Å²) in [5, 5.41) is 9.24. The van der Waals surface area contributed by atoms with Crippen LogP contribution in [0.15, 0.2) is 77.3 Å². The average Bonchev–Trinajstić information content (AvgIpc) is 3.36. The summed E-state index contributed by atoms with van der Waals surface area (Å²) in [6.07, 6.45) is 2.21. The molecule has 5 aromatic rings. The molecular weight excluding hydrogens is 404 g/mol. The van der Waals surface area contributed by atoms with E-state index >= 15 is 0 Å². The highest BCUT2D eigenvalue weighted by Crippen LogP contribution is 2.37. The van der Waals surface area contributed by atoms with Crippen molar-refractivity contribution < 1.29 is 4.52 Å². The van der Waals surface area contributed by atoms with Gasteiger partial charge in [-0.05, 0) is 63.4 Å². The molecular formula is C30H30N2O.